The third-order valence-electron chi connectivity index (χ3n) is 2.89. The topological polar surface area (TPSA) is 58.6 Å². The molecule has 4 nitrogen and oxygen atoms in total. The second kappa shape index (κ2) is 5.96. The van der Waals surface area contributed by atoms with Crippen LogP contribution in [0.5, 0.6) is 11.5 Å². The number of nitrogens with one attached hydrogen (secondary N) is 1. The molecule has 0 aliphatic carbocycles. The fourth-order valence-corrected chi connectivity index (χ4v) is 2.35. The summed E-state index contributed by atoms with van der Waals surface area (Å²) in [6.45, 7) is 1.89. The van der Waals surface area contributed by atoms with Crippen LogP contribution in [0, 0.1) is 6.92 Å². The number of ether oxygens (including phenoxy) is 1. The van der Waals surface area contributed by atoms with E-state index < -0.39 is 5.91 Å². The molecule has 0 saturated carbocycles. The van der Waals surface area contributed by atoms with Crippen molar-refractivity contribution < 1.29 is 14.6 Å². The smallest absolute Gasteiger partial charge is 0.263 e. The van der Waals surface area contributed by atoms with E-state index in [9.17, 15) is 9.90 Å². The highest BCUT2D eigenvalue weighted by atomic mass is 79.9. The number of carbonyl (C=O) groups is 1. The molecule has 2 aromatic carbocycles. The maximum Gasteiger partial charge on any atom is 0.263 e. The second-order valence-electron chi connectivity index (χ2n) is 4.27. The van der Waals surface area contributed by atoms with Crippen LogP contribution in [-0.2, 0) is 0 Å². The summed E-state index contributed by atoms with van der Waals surface area (Å²) in [5.74, 6) is -0.195. The minimum Gasteiger partial charge on any atom is -0.507 e. The summed E-state index contributed by atoms with van der Waals surface area (Å²) in [6, 6.07) is 10.2. The molecule has 0 unspecified atom stereocenters. The van der Waals surface area contributed by atoms with E-state index >= 15 is 0 Å². The van der Waals surface area contributed by atoms with Gasteiger partial charge in [0, 0.05) is 10.2 Å². The van der Waals surface area contributed by atoms with Gasteiger partial charge in [0.1, 0.15) is 17.1 Å². The first-order chi connectivity index (χ1) is 9.52. The lowest BCUT2D eigenvalue weighted by atomic mass is 10.1. The van der Waals surface area contributed by atoms with Crippen LogP contribution in [0.1, 0.15) is 15.9 Å². The first kappa shape index (κ1) is 14.4. The number of aryl methyl sites for hydroxylation is 1. The molecule has 2 rings (SSSR count). The van der Waals surface area contributed by atoms with Gasteiger partial charge in [-0.15, -0.1) is 0 Å². The standard InChI is InChI=1S/C15H14BrNO3/c1-9-8-10(16)6-7-11(9)17-15(19)14-12(18)4-3-5-13(14)20-2/h3-8,18H,1-2H3,(H,17,19). The summed E-state index contributed by atoms with van der Waals surface area (Å²) in [4.78, 5) is 12.3. The highest BCUT2D eigenvalue weighted by Crippen LogP contribution is 2.29. The molecule has 0 saturated heterocycles. The lowest BCUT2D eigenvalue weighted by molar-refractivity contribution is 0.102. The van der Waals surface area contributed by atoms with E-state index in [0.717, 1.165) is 10.0 Å². The Morgan fingerprint density at radius 1 is 1.30 bits per heavy atom. The zero-order valence-electron chi connectivity index (χ0n) is 11.1. The van der Waals surface area contributed by atoms with E-state index in [1.54, 1.807) is 18.2 Å². The predicted octanol–water partition coefficient (Wildman–Crippen LogP) is 3.72. The number of phenols is 1. The molecule has 0 aromatic heterocycles. The monoisotopic (exact) mass is 335 g/mol. The number of halogens is 1. The number of carbonyl (C=O) groups excluding carboxylic acids is 1. The van der Waals surface area contributed by atoms with Crippen LogP contribution in [0.3, 0.4) is 0 Å². The van der Waals surface area contributed by atoms with Gasteiger partial charge in [-0.2, -0.15) is 0 Å². The zero-order chi connectivity index (χ0) is 14.7. The zero-order valence-corrected chi connectivity index (χ0v) is 12.7. The van der Waals surface area contributed by atoms with Crippen molar-refractivity contribution in [3.63, 3.8) is 0 Å². The molecule has 0 spiro atoms. The van der Waals surface area contributed by atoms with Crippen molar-refractivity contribution in [2.24, 2.45) is 0 Å². The van der Waals surface area contributed by atoms with Gasteiger partial charge < -0.3 is 15.2 Å². The van der Waals surface area contributed by atoms with Crippen LogP contribution in [0.4, 0.5) is 5.69 Å². The van der Waals surface area contributed by atoms with Crippen molar-refractivity contribution in [1.82, 2.24) is 0 Å². The minimum atomic E-state index is -0.412. The molecule has 1 amide bonds. The van der Waals surface area contributed by atoms with Crippen LogP contribution in [0.25, 0.3) is 0 Å². The van der Waals surface area contributed by atoms with Gasteiger partial charge in [-0.3, -0.25) is 4.79 Å². The van der Waals surface area contributed by atoms with Crippen molar-refractivity contribution in [1.29, 1.82) is 0 Å². The summed E-state index contributed by atoms with van der Waals surface area (Å²) in [5.41, 5.74) is 1.72. The first-order valence-corrected chi connectivity index (χ1v) is 6.75. The summed E-state index contributed by atoms with van der Waals surface area (Å²) < 4.78 is 6.04. The Morgan fingerprint density at radius 3 is 2.70 bits per heavy atom. The molecule has 0 bridgehead atoms. The van der Waals surface area contributed by atoms with Gasteiger partial charge in [0.05, 0.1) is 7.11 Å². The molecule has 2 aromatic rings. The molecular formula is C15H14BrNO3. The first-order valence-electron chi connectivity index (χ1n) is 5.96. The van der Waals surface area contributed by atoms with E-state index in [1.165, 1.54) is 13.2 Å². The van der Waals surface area contributed by atoms with Crippen molar-refractivity contribution >= 4 is 27.5 Å². The number of aromatic hydroxyl groups is 1. The third-order valence-corrected chi connectivity index (χ3v) is 3.38. The van der Waals surface area contributed by atoms with E-state index in [4.69, 9.17) is 4.74 Å². The summed E-state index contributed by atoms with van der Waals surface area (Å²) in [5, 5.41) is 12.6. The Kier molecular flexibility index (Phi) is 4.29. The SMILES string of the molecule is COc1cccc(O)c1C(=O)Nc1ccc(Br)cc1C. The van der Waals surface area contributed by atoms with Gasteiger partial charge in [-0.1, -0.05) is 22.0 Å². The Labute approximate surface area is 125 Å². The van der Waals surface area contributed by atoms with E-state index in [1.807, 2.05) is 19.1 Å². The lowest BCUT2D eigenvalue weighted by Gasteiger charge is -2.12. The maximum absolute atomic E-state index is 12.3. The quantitative estimate of drug-likeness (QED) is 0.898. The molecule has 0 atom stereocenters. The maximum atomic E-state index is 12.3. The van der Waals surface area contributed by atoms with E-state index in [2.05, 4.69) is 21.2 Å². The minimum absolute atomic E-state index is 0.114. The molecule has 0 fully saturated rings. The van der Waals surface area contributed by atoms with E-state index in [0.29, 0.717) is 11.4 Å². The van der Waals surface area contributed by atoms with Crippen LogP contribution in [0.2, 0.25) is 0 Å². The number of hydrogen-bond donors (Lipinski definition) is 2. The van der Waals surface area contributed by atoms with Gasteiger partial charge in [-0.05, 0) is 42.8 Å². The van der Waals surface area contributed by atoms with Crippen LogP contribution < -0.4 is 10.1 Å². The molecule has 5 heteroatoms. The lowest BCUT2D eigenvalue weighted by Crippen LogP contribution is -2.14. The van der Waals surface area contributed by atoms with Gasteiger partial charge in [0.2, 0.25) is 0 Å². The summed E-state index contributed by atoms with van der Waals surface area (Å²) >= 11 is 3.37. The molecule has 20 heavy (non-hydrogen) atoms. The highest BCUT2D eigenvalue weighted by molar-refractivity contribution is 9.10. The largest absolute Gasteiger partial charge is 0.507 e. The Hall–Kier alpha value is -2.01. The number of amides is 1. The van der Waals surface area contributed by atoms with Crippen LogP contribution in [-0.4, -0.2) is 18.1 Å². The van der Waals surface area contributed by atoms with Gasteiger partial charge in [0.25, 0.3) is 5.91 Å². The predicted molar refractivity (Wildman–Crippen MR) is 81.5 cm³/mol. The number of phenolic OH excluding ortho intramolecular Hbond substituents is 1. The Bertz CT molecular complexity index is 656. The summed E-state index contributed by atoms with van der Waals surface area (Å²) in [6.07, 6.45) is 0. The molecule has 104 valence electrons. The normalized spacial score (nSPS) is 10.2. The van der Waals surface area contributed by atoms with Gasteiger partial charge in [-0.25, -0.2) is 0 Å². The second-order valence-corrected chi connectivity index (χ2v) is 5.18. The molecule has 0 aliphatic rings. The summed E-state index contributed by atoms with van der Waals surface area (Å²) in [7, 11) is 1.45. The Balaban J connectivity index is 2.33. The van der Waals surface area contributed by atoms with Crippen LogP contribution >= 0.6 is 15.9 Å². The van der Waals surface area contributed by atoms with Gasteiger partial charge in [0.15, 0.2) is 0 Å². The number of rotatable bonds is 3. The molecule has 0 aliphatic heterocycles. The third kappa shape index (κ3) is 2.93. The number of methoxy groups -OCH3 is 1. The average Bonchev–Trinajstić information content (AvgIpc) is 2.41. The molecular weight excluding hydrogens is 322 g/mol. The van der Waals surface area contributed by atoms with Crippen molar-refractivity contribution in [2.45, 2.75) is 6.92 Å². The number of hydrogen-bond acceptors (Lipinski definition) is 3. The van der Waals surface area contributed by atoms with E-state index in [-0.39, 0.29) is 11.3 Å². The van der Waals surface area contributed by atoms with Gasteiger partial charge >= 0.3 is 0 Å². The average molecular weight is 336 g/mol. The van der Waals surface area contributed by atoms with Crippen LogP contribution in [0.15, 0.2) is 40.9 Å². The fourth-order valence-electron chi connectivity index (χ4n) is 1.87. The molecule has 0 heterocycles. The fraction of sp³-hybridized carbons (Fsp3) is 0.133. The van der Waals surface area contributed by atoms with Crippen molar-refractivity contribution in [3.05, 3.63) is 52.0 Å². The number of anilines is 1. The molecule has 2 N–H and O–H groups in total. The van der Waals surface area contributed by atoms with Crippen molar-refractivity contribution in [2.75, 3.05) is 12.4 Å². The molecule has 0 radical (unpaired) electrons. The Morgan fingerprint density at radius 2 is 2.05 bits per heavy atom. The highest BCUT2D eigenvalue weighted by Gasteiger charge is 2.17. The van der Waals surface area contributed by atoms with Crippen molar-refractivity contribution in [3.8, 4) is 11.5 Å². The number of benzene rings is 2.